The Bertz CT molecular complexity index is 1660. The normalized spacial score (nSPS) is 14.3. The van der Waals surface area contributed by atoms with Crippen molar-refractivity contribution in [2.24, 2.45) is 5.73 Å². The summed E-state index contributed by atoms with van der Waals surface area (Å²) >= 11 is 0. The summed E-state index contributed by atoms with van der Waals surface area (Å²) < 4.78 is 74.3. The third-order valence-corrected chi connectivity index (χ3v) is 8.79. The van der Waals surface area contributed by atoms with E-state index in [0.29, 0.717) is 13.1 Å². The summed E-state index contributed by atoms with van der Waals surface area (Å²) in [6, 6.07) is 15.6. The van der Waals surface area contributed by atoms with Gasteiger partial charge < -0.3 is 29.4 Å². The van der Waals surface area contributed by atoms with E-state index < -0.39 is 37.8 Å². The zero-order valence-electron chi connectivity index (χ0n) is 27.0. The highest BCUT2D eigenvalue weighted by Crippen LogP contribution is 2.44. The number of methoxy groups -OCH3 is 1. The number of para-hydroxylation sites is 2. The maximum atomic E-state index is 13.0. The number of rotatable bonds is 21. The number of anilines is 1. The number of primary amides is 1. The molecule has 0 saturated carbocycles. The van der Waals surface area contributed by atoms with E-state index in [-0.39, 0.29) is 46.1 Å². The molecular formula is C31H45N3O10S2. The fourth-order valence-corrected chi connectivity index (χ4v) is 6.31. The molecule has 0 aliphatic rings. The van der Waals surface area contributed by atoms with Crippen molar-refractivity contribution in [3.63, 3.8) is 0 Å². The zero-order valence-corrected chi connectivity index (χ0v) is 28.6. The predicted octanol–water partition coefficient (Wildman–Crippen LogP) is 2.55. The molecule has 3 aromatic rings. The van der Waals surface area contributed by atoms with E-state index in [1.165, 1.54) is 0 Å². The van der Waals surface area contributed by atoms with E-state index in [2.05, 4.69) is 4.90 Å². The van der Waals surface area contributed by atoms with Gasteiger partial charge in [-0.25, -0.2) is 0 Å². The number of aryl methyl sites for hydroxylation is 1. The van der Waals surface area contributed by atoms with Crippen molar-refractivity contribution in [1.29, 1.82) is 0 Å². The number of amides is 1. The minimum absolute atomic E-state index is 0.0475. The van der Waals surface area contributed by atoms with E-state index in [0.717, 1.165) is 40.2 Å². The van der Waals surface area contributed by atoms with Gasteiger partial charge in [0.1, 0.15) is 5.54 Å². The number of hydrogen-bond donors (Lipinski definition) is 1. The van der Waals surface area contributed by atoms with Gasteiger partial charge >= 0.3 is 0 Å². The van der Waals surface area contributed by atoms with Gasteiger partial charge in [0.25, 0.3) is 20.2 Å². The van der Waals surface area contributed by atoms with Crippen LogP contribution in [0, 0.1) is 6.92 Å². The first kappa shape index (κ1) is 37.4. The Hall–Kier alpha value is -3.05. The van der Waals surface area contributed by atoms with E-state index in [9.17, 15) is 21.6 Å². The number of ether oxygens (including phenoxy) is 3. The number of fused-ring (bicyclic) bond motifs is 1. The van der Waals surface area contributed by atoms with Crippen LogP contribution in [0.1, 0.15) is 24.5 Å². The summed E-state index contributed by atoms with van der Waals surface area (Å²) in [7, 11) is -5.57. The molecule has 256 valence electrons. The molecule has 0 spiro atoms. The summed E-state index contributed by atoms with van der Waals surface area (Å²) in [6.07, 6.45) is 3.29. The Kier molecular flexibility index (Phi) is 13.6. The van der Waals surface area contributed by atoms with Crippen LogP contribution in [-0.4, -0.2) is 99.2 Å². The highest BCUT2D eigenvalue weighted by atomic mass is 32.2. The molecular weight excluding hydrogens is 638 g/mol. The van der Waals surface area contributed by atoms with Gasteiger partial charge in [-0.1, -0.05) is 36.4 Å². The van der Waals surface area contributed by atoms with Crippen LogP contribution in [0.2, 0.25) is 0 Å². The molecule has 2 N–H and O–H groups in total. The summed E-state index contributed by atoms with van der Waals surface area (Å²) in [4.78, 5) is 15.1. The maximum Gasteiger partial charge on any atom is 0.264 e. The lowest BCUT2D eigenvalue weighted by Gasteiger charge is -2.48. The van der Waals surface area contributed by atoms with Gasteiger partial charge in [-0.3, -0.25) is 13.2 Å². The van der Waals surface area contributed by atoms with Crippen molar-refractivity contribution >= 4 is 42.7 Å². The molecule has 1 heterocycles. The summed E-state index contributed by atoms with van der Waals surface area (Å²) in [5.41, 5.74) is 8.38. The molecule has 1 amide bonds. The van der Waals surface area contributed by atoms with Crippen LogP contribution >= 0.6 is 0 Å². The minimum Gasteiger partial charge on any atom is -0.379 e. The Morgan fingerprint density at radius 1 is 0.891 bits per heavy atom. The summed E-state index contributed by atoms with van der Waals surface area (Å²) in [6.45, 7) is 4.99. The van der Waals surface area contributed by atoms with Crippen LogP contribution in [0.25, 0.3) is 10.9 Å². The quantitative estimate of drug-likeness (QED) is 0.130. The van der Waals surface area contributed by atoms with Crippen molar-refractivity contribution in [1.82, 2.24) is 4.57 Å². The second-order valence-electron chi connectivity index (χ2n) is 10.9. The highest BCUT2D eigenvalue weighted by Gasteiger charge is 2.47. The number of carbonyl (C=O) groups is 1. The molecule has 15 heteroatoms. The Labute approximate surface area is 271 Å². The van der Waals surface area contributed by atoms with E-state index in [1.807, 2.05) is 73.1 Å². The lowest BCUT2D eigenvalue weighted by atomic mass is 9.78. The third kappa shape index (κ3) is 10.2. The second-order valence-corrected chi connectivity index (χ2v) is 14.2. The van der Waals surface area contributed by atoms with Crippen molar-refractivity contribution in [2.45, 2.75) is 38.5 Å². The smallest absolute Gasteiger partial charge is 0.264 e. The molecule has 1 aromatic heterocycles. The number of carbonyl (C=O) groups excluding carboxylic acids is 1. The molecule has 1 unspecified atom stereocenters. The fraction of sp³-hybridized carbons (Fsp3) is 0.516. The van der Waals surface area contributed by atoms with E-state index in [1.54, 1.807) is 7.11 Å². The van der Waals surface area contributed by atoms with E-state index in [4.69, 9.17) is 28.3 Å². The summed E-state index contributed by atoms with van der Waals surface area (Å²) in [5, 5.41) is 0.883. The van der Waals surface area contributed by atoms with Crippen molar-refractivity contribution in [3.05, 3.63) is 65.9 Å². The molecule has 0 bridgehead atoms. The lowest BCUT2D eigenvalue weighted by molar-refractivity contribution is -0.120. The zero-order chi connectivity index (χ0) is 34.0. The van der Waals surface area contributed by atoms with Gasteiger partial charge in [0.15, 0.2) is 0 Å². The number of aromatic nitrogens is 1. The van der Waals surface area contributed by atoms with Crippen LogP contribution in [0.5, 0.6) is 0 Å². The van der Waals surface area contributed by atoms with Crippen LogP contribution in [0.3, 0.4) is 0 Å². The molecule has 46 heavy (non-hydrogen) atoms. The average molecular weight is 684 g/mol. The van der Waals surface area contributed by atoms with Gasteiger partial charge in [-0.2, -0.15) is 16.8 Å². The molecule has 0 saturated heterocycles. The van der Waals surface area contributed by atoms with Crippen LogP contribution in [0.15, 0.2) is 54.7 Å². The topological polar surface area (TPSA) is 166 Å². The number of nitrogens with zero attached hydrogens (tertiary/aromatic N) is 2. The van der Waals surface area contributed by atoms with Gasteiger partial charge in [0, 0.05) is 48.5 Å². The monoisotopic (exact) mass is 683 g/mol. The SMILES string of the molecule is CO[C@H](C)C(CC(N)=O)(c1cn(CCOCCOS(C)(=O)=O)c2ccccc12)N(CCOCCOS(C)(=O)=O)c1ccccc1C. The molecule has 0 aliphatic heterocycles. The van der Waals surface area contributed by atoms with Crippen LogP contribution in [-0.2, 0) is 59.7 Å². The molecule has 2 atom stereocenters. The molecule has 13 nitrogen and oxygen atoms in total. The predicted molar refractivity (Wildman–Crippen MR) is 176 cm³/mol. The molecule has 0 aliphatic carbocycles. The largest absolute Gasteiger partial charge is 0.379 e. The van der Waals surface area contributed by atoms with Crippen molar-refractivity contribution < 1.29 is 44.2 Å². The lowest BCUT2D eigenvalue weighted by Crippen LogP contribution is -2.57. The Morgan fingerprint density at radius 2 is 1.48 bits per heavy atom. The van der Waals surface area contributed by atoms with Crippen molar-refractivity contribution in [3.8, 4) is 0 Å². The van der Waals surface area contributed by atoms with Crippen molar-refractivity contribution in [2.75, 3.05) is 70.7 Å². The average Bonchev–Trinajstić information content (AvgIpc) is 3.35. The maximum absolute atomic E-state index is 13.0. The minimum atomic E-state index is -3.60. The van der Waals surface area contributed by atoms with Gasteiger partial charge in [0.05, 0.1) is 64.7 Å². The standard InChI is InChI=1S/C31H45N3O10S2/c1-24-10-6-8-12-28(24)34(15-17-42-19-21-44-46(5,38)39)31(22-30(32)35,25(2)40-3)27-23-33(29-13-9-7-11-26(27)29)14-16-41-18-20-43-45(4,36)37/h6-13,23,25H,14-22H2,1-5H3,(H2,32,35)/t25-,31?/m1/s1. The van der Waals surface area contributed by atoms with Gasteiger partial charge in [-0.15, -0.1) is 0 Å². The first-order valence-electron chi connectivity index (χ1n) is 14.8. The fourth-order valence-electron chi connectivity index (χ4n) is 5.57. The van der Waals surface area contributed by atoms with Crippen LogP contribution < -0.4 is 10.6 Å². The second kappa shape index (κ2) is 16.7. The summed E-state index contributed by atoms with van der Waals surface area (Å²) in [5.74, 6) is -0.531. The Balaban J connectivity index is 2.07. The van der Waals surface area contributed by atoms with Gasteiger partial charge in [-0.05, 0) is 31.5 Å². The number of hydrogen-bond acceptors (Lipinski definition) is 11. The first-order chi connectivity index (χ1) is 21.7. The molecule has 2 aromatic carbocycles. The highest BCUT2D eigenvalue weighted by molar-refractivity contribution is 7.86. The molecule has 0 radical (unpaired) electrons. The number of benzene rings is 2. The molecule has 3 rings (SSSR count). The first-order valence-corrected chi connectivity index (χ1v) is 18.4. The number of nitrogens with two attached hydrogens (primary N) is 1. The Morgan fingerprint density at radius 3 is 2.07 bits per heavy atom. The van der Waals surface area contributed by atoms with Crippen LogP contribution in [0.4, 0.5) is 5.69 Å². The van der Waals surface area contributed by atoms with E-state index >= 15 is 0 Å². The third-order valence-electron chi connectivity index (χ3n) is 7.60. The molecule has 0 fully saturated rings. The van der Waals surface area contributed by atoms with Gasteiger partial charge in [0.2, 0.25) is 5.91 Å².